The fourth-order valence-corrected chi connectivity index (χ4v) is 5.29. The summed E-state index contributed by atoms with van der Waals surface area (Å²) in [6.45, 7) is 7.92. The number of hydrogen-bond acceptors (Lipinski definition) is 4. The van der Waals surface area contributed by atoms with Gasteiger partial charge in [0.2, 0.25) is 5.96 Å². The molecular weight excluding hydrogens is 477 g/mol. The number of halogens is 1. The Kier molecular flexibility index (Phi) is 6.06. The fraction of sp³-hybridized carbons (Fsp3) is 0.258. The molecular formula is C31H30FN5O. The summed E-state index contributed by atoms with van der Waals surface area (Å²) in [6, 6.07) is 24.8. The van der Waals surface area contributed by atoms with Gasteiger partial charge in [-0.25, -0.2) is 14.4 Å². The summed E-state index contributed by atoms with van der Waals surface area (Å²) in [5.41, 5.74) is 3.42. The van der Waals surface area contributed by atoms with Crippen LogP contribution in [0.25, 0.3) is 22.5 Å². The fourth-order valence-electron chi connectivity index (χ4n) is 5.29. The monoisotopic (exact) mass is 507 g/mol. The number of hydrogen-bond donors (Lipinski definition) is 0. The molecule has 4 aromatic rings. The number of aromatic nitrogens is 2. The highest BCUT2D eigenvalue weighted by molar-refractivity contribution is 6.18. The van der Waals surface area contributed by atoms with Crippen LogP contribution in [-0.2, 0) is 6.54 Å². The molecule has 0 bridgehead atoms. The first-order valence-electron chi connectivity index (χ1n) is 13.1. The average molecular weight is 508 g/mol. The lowest BCUT2D eigenvalue weighted by molar-refractivity contribution is 0.0841. The number of imidazole rings is 1. The van der Waals surface area contributed by atoms with E-state index in [9.17, 15) is 4.79 Å². The highest BCUT2D eigenvalue weighted by atomic mass is 19.1. The molecule has 0 unspecified atom stereocenters. The van der Waals surface area contributed by atoms with Crippen molar-refractivity contribution in [2.24, 2.45) is 10.9 Å². The van der Waals surface area contributed by atoms with Crippen LogP contribution in [0.5, 0.6) is 0 Å². The second-order valence-corrected chi connectivity index (χ2v) is 10.1. The summed E-state index contributed by atoms with van der Waals surface area (Å²) in [4.78, 5) is 27.3. The summed E-state index contributed by atoms with van der Waals surface area (Å²) < 4.78 is 17.5. The molecule has 0 saturated carbocycles. The van der Waals surface area contributed by atoms with Gasteiger partial charge in [0.15, 0.2) is 5.69 Å². The van der Waals surface area contributed by atoms with E-state index in [0.717, 1.165) is 16.9 Å². The molecule has 2 aliphatic heterocycles. The van der Waals surface area contributed by atoms with Crippen LogP contribution in [0.3, 0.4) is 0 Å². The Morgan fingerprint density at radius 2 is 1.68 bits per heavy atom. The zero-order chi connectivity index (χ0) is 26.4. The molecule has 0 radical (unpaired) electrons. The van der Waals surface area contributed by atoms with Crippen molar-refractivity contribution in [3.05, 3.63) is 95.9 Å². The van der Waals surface area contributed by atoms with Gasteiger partial charge in [0, 0.05) is 17.7 Å². The Labute approximate surface area is 222 Å². The summed E-state index contributed by atoms with van der Waals surface area (Å²) in [5.74, 6) is 1.80. The van der Waals surface area contributed by atoms with Gasteiger partial charge < -0.3 is 4.57 Å². The van der Waals surface area contributed by atoms with Crippen LogP contribution < -0.4 is 4.90 Å². The van der Waals surface area contributed by atoms with Crippen molar-refractivity contribution in [1.82, 2.24) is 14.5 Å². The Bertz CT molecular complexity index is 1530. The van der Waals surface area contributed by atoms with Gasteiger partial charge in [0.25, 0.3) is 5.91 Å². The first-order valence-corrected chi connectivity index (χ1v) is 13.1. The van der Waals surface area contributed by atoms with Crippen LogP contribution in [0.15, 0.2) is 83.9 Å². The number of benzene rings is 3. The molecule has 3 heterocycles. The SMILES string of the molecule is CCN1C(=O)c2nc(-c3ccc(-c4ccccc4)c(F)c3)n(Cc3ccccc3)c2N2C[C@@H](C(C)C)N=C12. The molecule has 6 nitrogen and oxygen atoms in total. The minimum absolute atomic E-state index is 0.0731. The molecule has 6 rings (SSSR count). The smallest absolute Gasteiger partial charge is 0.283 e. The van der Waals surface area contributed by atoms with Gasteiger partial charge in [-0.3, -0.25) is 14.6 Å². The van der Waals surface area contributed by atoms with Gasteiger partial charge in [0.1, 0.15) is 17.5 Å². The molecule has 0 spiro atoms. The lowest BCUT2D eigenvalue weighted by Gasteiger charge is -2.33. The van der Waals surface area contributed by atoms with Crippen molar-refractivity contribution in [2.75, 3.05) is 18.0 Å². The van der Waals surface area contributed by atoms with Crippen LogP contribution in [0.2, 0.25) is 0 Å². The van der Waals surface area contributed by atoms with Crippen molar-refractivity contribution in [1.29, 1.82) is 0 Å². The lowest BCUT2D eigenvalue weighted by atomic mass is 10.0. The predicted molar refractivity (Wildman–Crippen MR) is 149 cm³/mol. The lowest BCUT2D eigenvalue weighted by Crippen LogP contribution is -2.50. The molecule has 0 saturated heterocycles. The number of carbonyl (C=O) groups excluding carboxylic acids is 1. The molecule has 0 N–H and O–H groups in total. The minimum atomic E-state index is -0.328. The average Bonchev–Trinajstić information content (AvgIpc) is 3.53. The number of fused-ring (bicyclic) bond motifs is 3. The molecule has 38 heavy (non-hydrogen) atoms. The van der Waals surface area contributed by atoms with E-state index < -0.39 is 0 Å². The van der Waals surface area contributed by atoms with Crippen molar-refractivity contribution >= 4 is 17.7 Å². The summed E-state index contributed by atoms with van der Waals surface area (Å²) in [7, 11) is 0. The second kappa shape index (κ2) is 9.56. The van der Waals surface area contributed by atoms with Gasteiger partial charge in [0.05, 0.1) is 19.1 Å². The molecule has 1 atom stereocenters. The largest absolute Gasteiger partial charge is 0.305 e. The molecule has 1 aromatic heterocycles. The van der Waals surface area contributed by atoms with E-state index in [2.05, 4.69) is 18.7 Å². The first kappa shape index (κ1) is 24.1. The standard InChI is InChI=1S/C31H30FN5O/c1-4-35-30(38)27-29(37-19-26(20(2)3)33-31(35)37)36(18-21-11-7-5-8-12-21)28(34-27)23-15-16-24(25(32)17-23)22-13-9-6-10-14-22/h5-17,20,26H,4,18-19H2,1-3H3/t26-/m0/s1. The third kappa shape index (κ3) is 3.99. The molecule has 2 aliphatic rings. The molecule has 192 valence electrons. The predicted octanol–water partition coefficient (Wildman–Crippen LogP) is 6.08. The van der Waals surface area contributed by atoms with E-state index in [1.807, 2.05) is 78.2 Å². The summed E-state index contributed by atoms with van der Waals surface area (Å²) in [5, 5.41) is 0. The van der Waals surface area contributed by atoms with Gasteiger partial charge >= 0.3 is 0 Å². The molecule has 3 aromatic carbocycles. The third-order valence-corrected chi connectivity index (χ3v) is 7.36. The normalized spacial score (nSPS) is 16.6. The third-order valence-electron chi connectivity index (χ3n) is 7.36. The number of carbonyl (C=O) groups is 1. The highest BCUT2D eigenvalue weighted by Crippen LogP contribution is 2.38. The number of amides is 1. The van der Waals surface area contributed by atoms with E-state index in [-0.39, 0.29) is 17.8 Å². The minimum Gasteiger partial charge on any atom is -0.305 e. The van der Waals surface area contributed by atoms with Crippen LogP contribution in [0.1, 0.15) is 36.8 Å². The maximum Gasteiger partial charge on any atom is 0.283 e. The second-order valence-electron chi connectivity index (χ2n) is 10.1. The first-order chi connectivity index (χ1) is 18.5. The van der Waals surface area contributed by atoms with Crippen molar-refractivity contribution in [2.45, 2.75) is 33.4 Å². The molecule has 7 heteroatoms. The Balaban J connectivity index is 1.52. The topological polar surface area (TPSA) is 53.7 Å². The van der Waals surface area contributed by atoms with Crippen molar-refractivity contribution in [3.8, 4) is 22.5 Å². The molecule has 1 amide bonds. The van der Waals surface area contributed by atoms with E-state index in [1.165, 1.54) is 6.07 Å². The van der Waals surface area contributed by atoms with Gasteiger partial charge in [-0.15, -0.1) is 0 Å². The number of aliphatic imine (C=N–C) groups is 1. The van der Waals surface area contributed by atoms with Crippen LogP contribution in [0, 0.1) is 11.7 Å². The van der Waals surface area contributed by atoms with Crippen molar-refractivity contribution in [3.63, 3.8) is 0 Å². The molecule has 0 aliphatic carbocycles. The van der Waals surface area contributed by atoms with E-state index >= 15 is 4.39 Å². The van der Waals surface area contributed by atoms with Crippen LogP contribution in [-0.4, -0.2) is 45.4 Å². The Morgan fingerprint density at radius 1 is 0.974 bits per heavy atom. The molecule has 0 fully saturated rings. The Hall–Kier alpha value is -4.26. The van der Waals surface area contributed by atoms with E-state index in [0.29, 0.717) is 54.2 Å². The van der Waals surface area contributed by atoms with Gasteiger partial charge in [-0.05, 0) is 30.0 Å². The van der Waals surface area contributed by atoms with Gasteiger partial charge in [-0.2, -0.15) is 0 Å². The number of anilines is 1. The highest BCUT2D eigenvalue weighted by Gasteiger charge is 2.44. The maximum absolute atomic E-state index is 15.5. The number of guanidine groups is 1. The maximum atomic E-state index is 15.5. The van der Waals surface area contributed by atoms with E-state index in [1.54, 1.807) is 11.0 Å². The van der Waals surface area contributed by atoms with Crippen LogP contribution in [0.4, 0.5) is 10.2 Å². The zero-order valence-electron chi connectivity index (χ0n) is 21.8. The number of nitrogens with zero attached hydrogens (tertiary/aromatic N) is 5. The summed E-state index contributed by atoms with van der Waals surface area (Å²) in [6.07, 6.45) is 0. The van der Waals surface area contributed by atoms with E-state index in [4.69, 9.17) is 9.98 Å². The Morgan fingerprint density at radius 3 is 2.34 bits per heavy atom. The van der Waals surface area contributed by atoms with Crippen LogP contribution >= 0.6 is 0 Å². The zero-order valence-corrected chi connectivity index (χ0v) is 21.8. The summed E-state index contributed by atoms with van der Waals surface area (Å²) >= 11 is 0. The van der Waals surface area contributed by atoms with Gasteiger partial charge in [-0.1, -0.05) is 86.6 Å². The quantitative estimate of drug-likeness (QED) is 0.318. The number of rotatable bonds is 6. The van der Waals surface area contributed by atoms with Crippen molar-refractivity contribution < 1.29 is 9.18 Å².